The van der Waals surface area contributed by atoms with Gasteiger partial charge in [0, 0.05) is 32.7 Å². The molecule has 0 fully saturated rings. The maximum atomic E-state index is 5.44. The van der Waals surface area contributed by atoms with Crippen LogP contribution in [0.15, 0.2) is 200 Å². The van der Waals surface area contributed by atoms with E-state index in [9.17, 15) is 0 Å². The third-order valence-corrected chi connectivity index (χ3v) is 11.0. The topological polar surface area (TPSA) is 30.7 Å². The van der Waals surface area contributed by atoms with Gasteiger partial charge in [0.25, 0.3) is 0 Å². The van der Waals surface area contributed by atoms with Crippen molar-refractivity contribution >= 4 is 54.3 Å². The Morgan fingerprint density at radius 3 is 1.60 bits per heavy atom. The van der Waals surface area contributed by atoms with Gasteiger partial charge in [0.15, 0.2) is 5.82 Å². The van der Waals surface area contributed by atoms with Crippen LogP contribution in [-0.4, -0.2) is 14.5 Å². The van der Waals surface area contributed by atoms with Gasteiger partial charge in [-0.2, -0.15) is 0 Å². The molecule has 0 aliphatic rings. The SMILES string of the molecule is c1ccc(-c2cc3nc(-c4ccc(-n5c6ccccc6c6cc7ccccc7cc65)c5ccccc45)nc(-c4ccccc4)c3cc2-c2ccccc2)cc1. The Kier molecular flexibility index (Phi) is 7.17. The summed E-state index contributed by atoms with van der Waals surface area (Å²) in [5.41, 5.74) is 12.0. The first-order chi connectivity index (χ1) is 27.3. The molecule has 2 aromatic heterocycles. The summed E-state index contributed by atoms with van der Waals surface area (Å²) in [7, 11) is 0. The van der Waals surface area contributed by atoms with E-state index in [2.05, 4.69) is 205 Å². The minimum absolute atomic E-state index is 0.703. The van der Waals surface area contributed by atoms with Crippen LogP contribution in [-0.2, 0) is 0 Å². The van der Waals surface area contributed by atoms with Crippen LogP contribution in [0.25, 0.3) is 105 Å². The number of aromatic nitrogens is 3. The van der Waals surface area contributed by atoms with Crippen molar-refractivity contribution in [2.75, 3.05) is 0 Å². The molecule has 0 aliphatic carbocycles. The second-order valence-corrected chi connectivity index (χ2v) is 14.2. The smallest absolute Gasteiger partial charge is 0.161 e. The van der Waals surface area contributed by atoms with Crippen molar-refractivity contribution in [3.63, 3.8) is 0 Å². The molecule has 0 unspecified atom stereocenters. The molecular formula is C52H33N3. The maximum Gasteiger partial charge on any atom is 0.161 e. The number of hydrogen-bond donors (Lipinski definition) is 0. The first kappa shape index (κ1) is 31.2. The van der Waals surface area contributed by atoms with Gasteiger partial charge in [-0.1, -0.05) is 158 Å². The molecule has 0 bridgehead atoms. The third-order valence-electron chi connectivity index (χ3n) is 11.0. The van der Waals surface area contributed by atoms with Crippen LogP contribution >= 0.6 is 0 Å². The predicted octanol–water partition coefficient (Wildman–Crippen LogP) is 13.7. The second kappa shape index (κ2) is 12.6. The van der Waals surface area contributed by atoms with Gasteiger partial charge in [-0.15, -0.1) is 0 Å². The Morgan fingerprint density at radius 1 is 0.327 bits per heavy atom. The van der Waals surface area contributed by atoms with Gasteiger partial charge in [0.05, 0.1) is 27.9 Å². The Hall–Kier alpha value is -7.36. The molecule has 11 aromatic rings. The van der Waals surface area contributed by atoms with E-state index in [0.29, 0.717) is 5.82 Å². The highest BCUT2D eigenvalue weighted by molar-refractivity contribution is 6.15. The molecule has 55 heavy (non-hydrogen) atoms. The lowest BCUT2D eigenvalue weighted by molar-refractivity contribution is 1.19. The Bertz CT molecular complexity index is 3240. The second-order valence-electron chi connectivity index (χ2n) is 14.2. The van der Waals surface area contributed by atoms with Crippen molar-refractivity contribution in [1.82, 2.24) is 14.5 Å². The zero-order chi connectivity index (χ0) is 36.3. The third kappa shape index (κ3) is 5.13. The lowest BCUT2D eigenvalue weighted by atomic mass is 9.91. The summed E-state index contributed by atoms with van der Waals surface area (Å²) in [5, 5.41) is 8.23. The van der Waals surface area contributed by atoms with Crippen LogP contribution in [0.3, 0.4) is 0 Å². The number of nitrogens with zero attached hydrogens (tertiary/aromatic N) is 3. The Labute approximate surface area is 318 Å². The molecule has 256 valence electrons. The molecule has 0 spiro atoms. The van der Waals surface area contributed by atoms with Crippen molar-refractivity contribution in [2.45, 2.75) is 0 Å². The molecule has 0 saturated carbocycles. The van der Waals surface area contributed by atoms with Crippen LogP contribution < -0.4 is 0 Å². The average Bonchev–Trinajstić information content (AvgIpc) is 3.58. The van der Waals surface area contributed by atoms with E-state index >= 15 is 0 Å². The summed E-state index contributed by atoms with van der Waals surface area (Å²) >= 11 is 0. The standard InChI is InChI=1S/C52H33N3/c1-4-16-34(17-5-1)43-32-46-47(33-44(43)35-18-6-2-7-19-35)53-52(54-51(46)36-20-8-3-9-21-36)42-28-29-49(40-25-13-12-24-39(40)42)55-48-27-15-14-26-41(48)45-30-37-22-10-11-23-38(37)31-50(45)55/h1-33H. The van der Waals surface area contributed by atoms with E-state index in [0.717, 1.165) is 66.4 Å². The van der Waals surface area contributed by atoms with Crippen LogP contribution in [0.4, 0.5) is 0 Å². The van der Waals surface area contributed by atoms with E-state index in [1.165, 1.54) is 32.6 Å². The number of benzene rings is 9. The molecule has 0 amide bonds. The largest absolute Gasteiger partial charge is 0.309 e. The average molecular weight is 700 g/mol. The summed E-state index contributed by atoms with van der Waals surface area (Å²) in [6, 6.07) is 71.5. The van der Waals surface area contributed by atoms with E-state index in [1.807, 2.05) is 0 Å². The monoisotopic (exact) mass is 699 g/mol. The first-order valence-corrected chi connectivity index (χ1v) is 18.7. The molecule has 2 heterocycles. The summed E-state index contributed by atoms with van der Waals surface area (Å²) in [5.74, 6) is 0.703. The van der Waals surface area contributed by atoms with Gasteiger partial charge in [0.2, 0.25) is 0 Å². The normalized spacial score (nSPS) is 11.6. The Morgan fingerprint density at radius 2 is 0.891 bits per heavy atom. The summed E-state index contributed by atoms with van der Waals surface area (Å²) in [4.78, 5) is 10.8. The first-order valence-electron chi connectivity index (χ1n) is 18.7. The highest BCUT2D eigenvalue weighted by Gasteiger charge is 2.20. The molecule has 0 N–H and O–H groups in total. The van der Waals surface area contributed by atoms with Crippen LogP contribution in [0, 0.1) is 0 Å². The number of para-hydroxylation sites is 1. The highest BCUT2D eigenvalue weighted by Crippen LogP contribution is 2.42. The molecule has 0 saturated heterocycles. The molecule has 9 aromatic carbocycles. The van der Waals surface area contributed by atoms with Crippen LogP contribution in [0.1, 0.15) is 0 Å². The summed E-state index contributed by atoms with van der Waals surface area (Å²) in [6.45, 7) is 0. The van der Waals surface area contributed by atoms with Gasteiger partial charge < -0.3 is 4.57 Å². The predicted molar refractivity (Wildman–Crippen MR) is 231 cm³/mol. The fourth-order valence-electron chi connectivity index (χ4n) is 8.41. The summed E-state index contributed by atoms with van der Waals surface area (Å²) in [6.07, 6.45) is 0. The van der Waals surface area contributed by atoms with E-state index < -0.39 is 0 Å². The van der Waals surface area contributed by atoms with Crippen molar-refractivity contribution in [2.24, 2.45) is 0 Å². The van der Waals surface area contributed by atoms with Crippen LogP contribution in [0.2, 0.25) is 0 Å². The van der Waals surface area contributed by atoms with Gasteiger partial charge in [0.1, 0.15) is 0 Å². The lowest BCUT2D eigenvalue weighted by Gasteiger charge is -2.17. The van der Waals surface area contributed by atoms with Crippen molar-refractivity contribution in [3.05, 3.63) is 200 Å². The van der Waals surface area contributed by atoms with E-state index in [-0.39, 0.29) is 0 Å². The quantitative estimate of drug-likeness (QED) is 0.179. The number of rotatable bonds is 5. The van der Waals surface area contributed by atoms with Crippen molar-refractivity contribution < 1.29 is 0 Å². The number of hydrogen-bond acceptors (Lipinski definition) is 2. The Balaban J connectivity index is 1.18. The molecule has 0 radical (unpaired) electrons. The minimum atomic E-state index is 0.703. The van der Waals surface area contributed by atoms with Crippen molar-refractivity contribution in [3.8, 4) is 50.6 Å². The zero-order valence-electron chi connectivity index (χ0n) is 29.9. The molecule has 0 atom stereocenters. The molecule has 11 rings (SSSR count). The summed E-state index contributed by atoms with van der Waals surface area (Å²) < 4.78 is 2.43. The van der Waals surface area contributed by atoms with E-state index in [4.69, 9.17) is 9.97 Å². The fourth-order valence-corrected chi connectivity index (χ4v) is 8.41. The zero-order valence-corrected chi connectivity index (χ0v) is 29.9. The van der Waals surface area contributed by atoms with Gasteiger partial charge >= 0.3 is 0 Å². The van der Waals surface area contributed by atoms with Gasteiger partial charge in [-0.3, -0.25) is 0 Å². The molecule has 3 heteroatoms. The minimum Gasteiger partial charge on any atom is -0.309 e. The van der Waals surface area contributed by atoms with Crippen molar-refractivity contribution in [1.29, 1.82) is 0 Å². The molecule has 0 aliphatic heterocycles. The van der Waals surface area contributed by atoms with Gasteiger partial charge in [-0.25, -0.2) is 9.97 Å². The lowest BCUT2D eigenvalue weighted by Crippen LogP contribution is -2.00. The maximum absolute atomic E-state index is 5.44. The molecular weight excluding hydrogens is 667 g/mol. The molecule has 3 nitrogen and oxygen atoms in total. The number of fused-ring (bicyclic) bond motifs is 6. The van der Waals surface area contributed by atoms with Gasteiger partial charge in [-0.05, 0) is 80.9 Å². The fraction of sp³-hybridized carbons (Fsp3) is 0. The van der Waals surface area contributed by atoms with E-state index in [1.54, 1.807) is 0 Å². The highest BCUT2D eigenvalue weighted by atomic mass is 15.0. The van der Waals surface area contributed by atoms with Crippen LogP contribution in [0.5, 0.6) is 0 Å².